The zero-order valence-electron chi connectivity index (χ0n) is 9.99. The van der Waals surface area contributed by atoms with Gasteiger partial charge in [0.25, 0.3) is 5.91 Å². The Morgan fingerprint density at radius 1 is 1.53 bits per heavy atom. The minimum atomic E-state index is -0.572. The van der Waals surface area contributed by atoms with Crippen LogP contribution in [0.5, 0.6) is 0 Å². The molecule has 0 spiro atoms. The van der Waals surface area contributed by atoms with Crippen molar-refractivity contribution in [1.82, 2.24) is 4.98 Å². The third-order valence-electron chi connectivity index (χ3n) is 2.78. The van der Waals surface area contributed by atoms with Crippen molar-refractivity contribution in [2.75, 3.05) is 5.32 Å². The Morgan fingerprint density at radius 3 is 2.65 bits per heavy atom. The number of aromatic amines is 1. The molecule has 1 aromatic heterocycles. The van der Waals surface area contributed by atoms with E-state index in [0.717, 1.165) is 6.42 Å². The molecule has 0 bridgehead atoms. The summed E-state index contributed by atoms with van der Waals surface area (Å²) in [4.78, 5) is 25.2. The van der Waals surface area contributed by atoms with Crippen molar-refractivity contribution in [3.8, 4) is 0 Å². The quantitative estimate of drug-likeness (QED) is 0.596. The van der Waals surface area contributed by atoms with Gasteiger partial charge in [-0.15, -0.1) is 0 Å². The van der Waals surface area contributed by atoms with E-state index < -0.39 is 11.9 Å². The molecule has 2 unspecified atom stereocenters. The number of amides is 2. The summed E-state index contributed by atoms with van der Waals surface area (Å²) in [5, 5.41) is 2.63. The van der Waals surface area contributed by atoms with Crippen LogP contribution in [-0.4, -0.2) is 22.8 Å². The van der Waals surface area contributed by atoms with Crippen LogP contribution < -0.4 is 16.8 Å². The number of H-pyrrole nitrogens is 1. The largest absolute Gasteiger partial charge is 0.364 e. The molecule has 2 amide bonds. The van der Waals surface area contributed by atoms with Crippen LogP contribution in [0.2, 0.25) is 0 Å². The smallest absolute Gasteiger partial charge is 0.265 e. The molecular formula is C11H18N4O2. The molecule has 0 aliphatic carbocycles. The lowest BCUT2D eigenvalue weighted by molar-refractivity contribution is -0.118. The van der Waals surface area contributed by atoms with Crippen LogP contribution in [0.25, 0.3) is 0 Å². The van der Waals surface area contributed by atoms with Gasteiger partial charge >= 0.3 is 0 Å². The molecular weight excluding hydrogens is 220 g/mol. The SMILES string of the molecule is CCC(C)C(N)C(=O)Nc1c[nH]c(C(N)=O)c1. The number of primary amides is 1. The fourth-order valence-electron chi connectivity index (χ4n) is 1.35. The summed E-state index contributed by atoms with van der Waals surface area (Å²) >= 11 is 0. The summed E-state index contributed by atoms with van der Waals surface area (Å²) in [6, 6.07) is 0.913. The van der Waals surface area contributed by atoms with Crippen LogP contribution in [-0.2, 0) is 4.79 Å². The summed E-state index contributed by atoms with van der Waals surface area (Å²) in [6.45, 7) is 3.88. The molecule has 0 radical (unpaired) electrons. The first kappa shape index (κ1) is 13.2. The Balaban J connectivity index is 2.64. The van der Waals surface area contributed by atoms with Crippen molar-refractivity contribution in [3.05, 3.63) is 18.0 Å². The van der Waals surface area contributed by atoms with E-state index in [4.69, 9.17) is 11.5 Å². The van der Waals surface area contributed by atoms with Gasteiger partial charge < -0.3 is 21.8 Å². The van der Waals surface area contributed by atoms with E-state index in [0.29, 0.717) is 5.69 Å². The fraction of sp³-hybridized carbons (Fsp3) is 0.455. The first-order chi connectivity index (χ1) is 7.95. The van der Waals surface area contributed by atoms with Gasteiger partial charge in [-0.1, -0.05) is 20.3 Å². The number of anilines is 1. The second-order valence-corrected chi connectivity index (χ2v) is 4.07. The summed E-state index contributed by atoms with van der Waals surface area (Å²) < 4.78 is 0. The summed E-state index contributed by atoms with van der Waals surface area (Å²) in [6.07, 6.45) is 2.33. The van der Waals surface area contributed by atoms with Gasteiger partial charge in [-0.25, -0.2) is 0 Å². The second-order valence-electron chi connectivity index (χ2n) is 4.07. The fourth-order valence-corrected chi connectivity index (χ4v) is 1.35. The minimum absolute atomic E-state index is 0.101. The highest BCUT2D eigenvalue weighted by Gasteiger charge is 2.19. The average Bonchev–Trinajstić information content (AvgIpc) is 2.75. The van der Waals surface area contributed by atoms with E-state index in [1.165, 1.54) is 12.3 Å². The van der Waals surface area contributed by atoms with Gasteiger partial charge in [-0.3, -0.25) is 9.59 Å². The highest BCUT2D eigenvalue weighted by molar-refractivity contribution is 5.97. The van der Waals surface area contributed by atoms with E-state index in [-0.39, 0.29) is 17.5 Å². The van der Waals surface area contributed by atoms with E-state index in [9.17, 15) is 9.59 Å². The zero-order valence-corrected chi connectivity index (χ0v) is 9.99. The molecule has 0 aromatic carbocycles. The van der Waals surface area contributed by atoms with Crippen LogP contribution in [0.15, 0.2) is 12.3 Å². The minimum Gasteiger partial charge on any atom is -0.364 e. The zero-order chi connectivity index (χ0) is 13.0. The van der Waals surface area contributed by atoms with Crippen molar-refractivity contribution in [1.29, 1.82) is 0 Å². The first-order valence-electron chi connectivity index (χ1n) is 5.50. The molecule has 0 aliphatic heterocycles. The van der Waals surface area contributed by atoms with Crippen LogP contribution in [0.3, 0.4) is 0 Å². The molecule has 1 aromatic rings. The van der Waals surface area contributed by atoms with Crippen molar-refractivity contribution in [2.45, 2.75) is 26.3 Å². The highest BCUT2D eigenvalue weighted by atomic mass is 16.2. The molecule has 6 heteroatoms. The summed E-state index contributed by atoms with van der Waals surface area (Å²) in [5.41, 5.74) is 11.6. The Kier molecular flexibility index (Phi) is 4.28. The molecule has 0 fully saturated rings. The Bertz CT molecular complexity index is 413. The lowest BCUT2D eigenvalue weighted by Crippen LogP contribution is -2.40. The number of carbonyl (C=O) groups is 2. The summed E-state index contributed by atoms with van der Waals surface area (Å²) in [7, 11) is 0. The van der Waals surface area contributed by atoms with Crippen LogP contribution >= 0.6 is 0 Å². The Labute approximate surface area is 99.7 Å². The lowest BCUT2D eigenvalue weighted by Gasteiger charge is -2.16. The van der Waals surface area contributed by atoms with Crippen molar-refractivity contribution >= 4 is 17.5 Å². The highest BCUT2D eigenvalue weighted by Crippen LogP contribution is 2.12. The predicted molar refractivity (Wildman–Crippen MR) is 65.4 cm³/mol. The van der Waals surface area contributed by atoms with Crippen LogP contribution in [0.4, 0.5) is 5.69 Å². The molecule has 0 aliphatic rings. The molecule has 6 nitrogen and oxygen atoms in total. The number of rotatable bonds is 5. The van der Waals surface area contributed by atoms with Gasteiger partial charge in [0.1, 0.15) is 5.69 Å². The monoisotopic (exact) mass is 238 g/mol. The Morgan fingerprint density at radius 2 is 2.18 bits per heavy atom. The van der Waals surface area contributed by atoms with Gasteiger partial charge in [0.15, 0.2) is 0 Å². The van der Waals surface area contributed by atoms with Crippen LogP contribution in [0.1, 0.15) is 30.8 Å². The van der Waals surface area contributed by atoms with E-state index >= 15 is 0 Å². The number of hydrogen-bond donors (Lipinski definition) is 4. The van der Waals surface area contributed by atoms with Gasteiger partial charge in [0.05, 0.1) is 11.7 Å². The van der Waals surface area contributed by atoms with Gasteiger partial charge in [0.2, 0.25) is 5.91 Å². The molecule has 94 valence electrons. The normalized spacial score (nSPS) is 14.1. The van der Waals surface area contributed by atoms with E-state index in [1.54, 1.807) is 0 Å². The van der Waals surface area contributed by atoms with Crippen molar-refractivity contribution < 1.29 is 9.59 Å². The predicted octanol–water partition coefficient (Wildman–Crippen LogP) is 0.426. The van der Waals surface area contributed by atoms with Crippen LogP contribution in [0, 0.1) is 5.92 Å². The number of aromatic nitrogens is 1. The number of nitrogens with two attached hydrogens (primary N) is 2. The second kappa shape index (κ2) is 5.49. The van der Waals surface area contributed by atoms with Gasteiger partial charge in [-0.2, -0.15) is 0 Å². The molecule has 1 heterocycles. The number of nitrogens with one attached hydrogen (secondary N) is 2. The number of carbonyl (C=O) groups excluding carboxylic acids is 2. The molecule has 17 heavy (non-hydrogen) atoms. The standard InChI is InChI=1S/C11H18N4O2/c1-3-6(2)9(12)11(17)15-7-4-8(10(13)16)14-5-7/h4-6,9,14H,3,12H2,1-2H3,(H2,13,16)(H,15,17). The third kappa shape index (κ3) is 3.32. The van der Waals surface area contributed by atoms with Gasteiger partial charge in [-0.05, 0) is 12.0 Å². The average molecular weight is 238 g/mol. The lowest BCUT2D eigenvalue weighted by atomic mass is 9.99. The maximum Gasteiger partial charge on any atom is 0.265 e. The molecule has 6 N–H and O–H groups in total. The maximum absolute atomic E-state index is 11.7. The Hall–Kier alpha value is -1.82. The molecule has 2 atom stereocenters. The van der Waals surface area contributed by atoms with E-state index in [1.807, 2.05) is 13.8 Å². The van der Waals surface area contributed by atoms with Crippen molar-refractivity contribution in [2.24, 2.45) is 17.4 Å². The van der Waals surface area contributed by atoms with Crippen molar-refractivity contribution in [3.63, 3.8) is 0 Å². The summed E-state index contributed by atoms with van der Waals surface area (Å²) in [5.74, 6) is -0.740. The third-order valence-corrected chi connectivity index (χ3v) is 2.78. The molecule has 0 saturated heterocycles. The topological polar surface area (TPSA) is 114 Å². The maximum atomic E-state index is 11.7. The van der Waals surface area contributed by atoms with Gasteiger partial charge in [0, 0.05) is 6.20 Å². The molecule has 1 rings (SSSR count). The number of hydrogen-bond acceptors (Lipinski definition) is 3. The molecule has 0 saturated carbocycles. The van der Waals surface area contributed by atoms with E-state index in [2.05, 4.69) is 10.3 Å². The first-order valence-corrected chi connectivity index (χ1v) is 5.50.